The van der Waals surface area contributed by atoms with Gasteiger partial charge in [-0.2, -0.15) is 0 Å². The minimum absolute atomic E-state index is 0.0653. The summed E-state index contributed by atoms with van der Waals surface area (Å²) in [5.41, 5.74) is -0.498. The van der Waals surface area contributed by atoms with Gasteiger partial charge in [-0.1, -0.05) is 0 Å². The van der Waals surface area contributed by atoms with E-state index in [4.69, 9.17) is 5.11 Å². The fourth-order valence-corrected chi connectivity index (χ4v) is 3.31. The summed E-state index contributed by atoms with van der Waals surface area (Å²) in [6.07, 6.45) is 2.89. The zero-order chi connectivity index (χ0) is 15.6. The number of urea groups is 1. The van der Waals surface area contributed by atoms with E-state index >= 15 is 0 Å². The third-order valence-corrected chi connectivity index (χ3v) is 4.61. The maximum atomic E-state index is 12.5. The third kappa shape index (κ3) is 4.09. The Morgan fingerprint density at radius 2 is 2.05 bits per heavy atom. The molecule has 2 amide bonds. The van der Waals surface area contributed by atoms with E-state index in [2.05, 4.69) is 17.1 Å². The molecule has 2 aliphatic heterocycles. The number of amides is 2. The first-order valence-corrected chi connectivity index (χ1v) is 7.83. The zero-order valence-corrected chi connectivity index (χ0v) is 13.3. The second kappa shape index (κ2) is 6.22. The minimum atomic E-state index is -0.828. The Hall–Kier alpha value is -1.30. The molecule has 0 aromatic rings. The predicted molar refractivity (Wildman–Crippen MR) is 80.2 cm³/mol. The maximum Gasteiger partial charge on any atom is 0.318 e. The minimum Gasteiger partial charge on any atom is -0.481 e. The fraction of sp³-hybridized carbons (Fsp3) is 0.867. The summed E-state index contributed by atoms with van der Waals surface area (Å²) in [6.45, 7) is 8.71. The van der Waals surface area contributed by atoms with E-state index in [1.54, 1.807) is 0 Å². The van der Waals surface area contributed by atoms with E-state index in [9.17, 15) is 9.59 Å². The summed E-state index contributed by atoms with van der Waals surface area (Å²) in [7, 11) is 0. The molecule has 0 aliphatic carbocycles. The maximum absolute atomic E-state index is 12.5. The first-order chi connectivity index (χ1) is 9.78. The van der Waals surface area contributed by atoms with E-state index in [-0.39, 0.29) is 18.5 Å². The van der Waals surface area contributed by atoms with Gasteiger partial charge in [0.1, 0.15) is 0 Å². The lowest BCUT2D eigenvalue weighted by Gasteiger charge is -2.43. The average molecular weight is 297 g/mol. The third-order valence-electron chi connectivity index (χ3n) is 4.61. The molecule has 2 fully saturated rings. The second-order valence-corrected chi connectivity index (χ2v) is 7.00. The van der Waals surface area contributed by atoms with E-state index in [1.165, 1.54) is 12.8 Å². The Morgan fingerprint density at radius 3 is 2.71 bits per heavy atom. The molecule has 2 unspecified atom stereocenters. The van der Waals surface area contributed by atoms with Gasteiger partial charge in [-0.15, -0.1) is 0 Å². The highest BCUT2D eigenvalue weighted by Gasteiger charge is 2.37. The Labute approximate surface area is 126 Å². The normalized spacial score (nSPS) is 26.5. The molecular weight excluding hydrogens is 270 g/mol. The van der Waals surface area contributed by atoms with E-state index in [0.717, 1.165) is 19.6 Å². The molecule has 2 aliphatic rings. The number of aliphatic carboxylic acids is 1. The molecule has 6 heteroatoms. The standard InChI is InChI=1S/C15H27N3O3/c1-11-9-17-8-4-5-12(17)10-18(11)14(21)16-15(2,3)7-6-13(19)20/h11-12H,4-10H2,1-3H3,(H,16,21)(H,19,20). The second-order valence-electron chi connectivity index (χ2n) is 7.00. The molecule has 2 saturated heterocycles. The lowest BCUT2D eigenvalue weighted by Crippen LogP contribution is -2.61. The fourth-order valence-electron chi connectivity index (χ4n) is 3.31. The summed E-state index contributed by atoms with van der Waals surface area (Å²) in [6, 6.07) is 0.633. The van der Waals surface area contributed by atoms with Gasteiger partial charge in [0.25, 0.3) is 0 Å². The van der Waals surface area contributed by atoms with E-state index in [0.29, 0.717) is 12.5 Å². The molecule has 6 nitrogen and oxygen atoms in total. The molecule has 21 heavy (non-hydrogen) atoms. The SMILES string of the molecule is CC1CN2CCCC2CN1C(=O)NC(C)(C)CCC(=O)O. The van der Waals surface area contributed by atoms with Crippen LogP contribution in [0.2, 0.25) is 0 Å². The number of carbonyl (C=O) groups is 2. The number of hydrogen-bond acceptors (Lipinski definition) is 3. The molecule has 0 bridgehead atoms. The number of nitrogens with one attached hydrogen (secondary N) is 1. The topological polar surface area (TPSA) is 72.9 Å². The predicted octanol–water partition coefficient (Wildman–Crippen LogP) is 1.51. The summed E-state index contributed by atoms with van der Waals surface area (Å²) in [4.78, 5) is 27.6. The largest absolute Gasteiger partial charge is 0.481 e. The molecule has 120 valence electrons. The summed E-state index contributed by atoms with van der Waals surface area (Å²) in [5, 5.41) is 11.8. The van der Waals surface area contributed by atoms with Crippen LogP contribution >= 0.6 is 0 Å². The van der Waals surface area contributed by atoms with Crippen molar-refractivity contribution < 1.29 is 14.7 Å². The summed E-state index contributed by atoms with van der Waals surface area (Å²) < 4.78 is 0. The Balaban J connectivity index is 1.91. The Bertz CT molecular complexity index is 411. The molecule has 2 rings (SSSR count). The Morgan fingerprint density at radius 1 is 1.33 bits per heavy atom. The van der Waals surface area contributed by atoms with Crippen molar-refractivity contribution in [3.05, 3.63) is 0 Å². The van der Waals surface area contributed by atoms with Gasteiger partial charge in [0.2, 0.25) is 0 Å². The van der Waals surface area contributed by atoms with Crippen molar-refractivity contribution >= 4 is 12.0 Å². The molecule has 0 aromatic heterocycles. The average Bonchev–Trinajstić information content (AvgIpc) is 2.82. The van der Waals surface area contributed by atoms with Crippen molar-refractivity contribution in [3.8, 4) is 0 Å². The molecule has 0 saturated carbocycles. The van der Waals surface area contributed by atoms with Crippen molar-refractivity contribution in [2.75, 3.05) is 19.6 Å². The van der Waals surface area contributed by atoms with Gasteiger partial charge >= 0.3 is 12.0 Å². The van der Waals surface area contributed by atoms with Gasteiger partial charge in [-0.05, 0) is 46.6 Å². The van der Waals surface area contributed by atoms with Crippen LogP contribution in [0.4, 0.5) is 4.79 Å². The summed E-state index contributed by atoms with van der Waals surface area (Å²) in [5.74, 6) is -0.828. The first kappa shape index (κ1) is 16.1. The molecule has 2 atom stereocenters. The number of fused-ring (bicyclic) bond motifs is 1. The highest BCUT2D eigenvalue weighted by Crippen LogP contribution is 2.25. The number of rotatable bonds is 4. The van der Waals surface area contributed by atoms with Gasteiger partial charge in [0.15, 0.2) is 0 Å². The van der Waals surface area contributed by atoms with Crippen LogP contribution in [-0.2, 0) is 4.79 Å². The van der Waals surface area contributed by atoms with Gasteiger partial charge in [-0.3, -0.25) is 9.69 Å². The molecule has 0 aromatic carbocycles. The number of carboxylic acids is 1. The van der Waals surface area contributed by atoms with Crippen molar-refractivity contribution in [2.24, 2.45) is 0 Å². The highest BCUT2D eigenvalue weighted by atomic mass is 16.4. The lowest BCUT2D eigenvalue weighted by molar-refractivity contribution is -0.137. The molecular formula is C15H27N3O3. The molecule has 0 radical (unpaired) electrons. The molecule has 2 heterocycles. The molecule has 0 spiro atoms. The zero-order valence-electron chi connectivity index (χ0n) is 13.3. The van der Waals surface area contributed by atoms with Gasteiger partial charge in [0, 0.05) is 37.1 Å². The smallest absolute Gasteiger partial charge is 0.318 e. The van der Waals surface area contributed by atoms with Crippen LogP contribution in [0.15, 0.2) is 0 Å². The van der Waals surface area contributed by atoms with E-state index < -0.39 is 11.5 Å². The van der Waals surface area contributed by atoms with Crippen LogP contribution in [0, 0.1) is 0 Å². The Kier molecular flexibility index (Phi) is 4.76. The van der Waals surface area contributed by atoms with Crippen LogP contribution in [0.1, 0.15) is 46.5 Å². The van der Waals surface area contributed by atoms with Gasteiger partial charge < -0.3 is 15.3 Å². The van der Waals surface area contributed by atoms with Crippen LogP contribution < -0.4 is 5.32 Å². The first-order valence-electron chi connectivity index (χ1n) is 7.83. The number of nitrogens with zero attached hydrogens (tertiary/aromatic N) is 2. The summed E-state index contributed by atoms with van der Waals surface area (Å²) >= 11 is 0. The van der Waals surface area contributed by atoms with Crippen LogP contribution in [-0.4, -0.2) is 64.2 Å². The van der Waals surface area contributed by atoms with Crippen molar-refractivity contribution in [1.29, 1.82) is 0 Å². The lowest BCUT2D eigenvalue weighted by atomic mass is 9.98. The van der Waals surface area contributed by atoms with Crippen LogP contribution in [0.3, 0.4) is 0 Å². The van der Waals surface area contributed by atoms with Crippen molar-refractivity contribution in [2.45, 2.75) is 64.1 Å². The van der Waals surface area contributed by atoms with Gasteiger partial charge in [-0.25, -0.2) is 4.79 Å². The van der Waals surface area contributed by atoms with Gasteiger partial charge in [0.05, 0.1) is 0 Å². The van der Waals surface area contributed by atoms with E-state index in [1.807, 2.05) is 18.7 Å². The number of carboxylic acid groups (broad SMARTS) is 1. The van der Waals surface area contributed by atoms with Crippen LogP contribution in [0.5, 0.6) is 0 Å². The monoisotopic (exact) mass is 297 g/mol. The quantitative estimate of drug-likeness (QED) is 0.825. The van der Waals surface area contributed by atoms with Crippen molar-refractivity contribution in [3.63, 3.8) is 0 Å². The van der Waals surface area contributed by atoms with Crippen molar-refractivity contribution in [1.82, 2.24) is 15.1 Å². The van der Waals surface area contributed by atoms with Crippen LogP contribution in [0.25, 0.3) is 0 Å². The highest BCUT2D eigenvalue weighted by molar-refractivity contribution is 5.75. The molecule has 2 N–H and O–H groups in total. The number of piperazine rings is 1. The number of carbonyl (C=O) groups excluding carboxylic acids is 1. The number of hydrogen-bond donors (Lipinski definition) is 2.